The SMILES string of the molecule is C=CC(=O)NC(C)CS(C)=O. The molecule has 0 aromatic carbocycles. The van der Waals surface area contributed by atoms with E-state index in [4.69, 9.17) is 0 Å². The van der Waals surface area contributed by atoms with Crippen LogP contribution in [0, 0.1) is 0 Å². The maximum Gasteiger partial charge on any atom is 0.243 e. The number of hydrogen-bond acceptors (Lipinski definition) is 2. The van der Waals surface area contributed by atoms with E-state index < -0.39 is 10.8 Å². The lowest BCUT2D eigenvalue weighted by Crippen LogP contribution is -2.34. The van der Waals surface area contributed by atoms with E-state index >= 15 is 0 Å². The van der Waals surface area contributed by atoms with Crippen molar-refractivity contribution in [3.8, 4) is 0 Å². The zero-order valence-electron chi connectivity index (χ0n) is 6.79. The fourth-order valence-electron chi connectivity index (χ4n) is 0.696. The van der Waals surface area contributed by atoms with Gasteiger partial charge in [0.05, 0.1) is 0 Å². The molecule has 0 bridgehead atoms. The summed E-state index contributed by atoms with van der Waals surface area (Å²) in [5.41, 5.74) is 0. The van der Waals surface area contributed by atoms with Crippen LogP contribution >= 0.6 is 0 Å². The highest BCUT2D eigenvalue weighted by Crippen LogP contribution is 1.85. The Bertz CT molecular complexity index is 179. The molecule has 0 aliphatic heterocycles. The first kappa shape index (κ1) is 10.4. The molecule has 0 fully saturated rings. The van der Waals surface area contributed by atoms with Crippen LogP contribution in [0.15, 0.2) is 12.7 Å². The van der Waals surface area contributed by atoms with E-state index in [2.05, 4.69) is 11.9 Å². The summed E-state index contributed by atoms with van der Waals surface area (Å²) in [6.45, 7) is 5.11. The molecule has 0 aliphatic rings. The van der Waals surface area contributed by atoms with Gasteiger partial charge in [0.1, 0.15) is 0 Å². The van der Waals surface area contributed by atoms with Crippen molar-refractivity contribution >= 4 is 16.7 Å². The van der Waals surface area contributed by atoms with Crippen molar-refractivity contribution in [2.45, 2.75) is 13.0 Å². The zero-order valence-corrected chi connectivity index (χ0v) is 7.61. The molecule has 3 nitrogen and oxygen atoms in total. The van der Waals surface area contributed by atoms with E-state index in [9.17, 15) is 9.00 Å². The molecule has 11 heavy (non-hydrogen) atoms. The molecule has 0 radical (unpaired) electrons. The lowest BCUT2D eigenvalue weighted by molar-refractivity contribution is -0.116. The Morgan fingerprint density at radius 3 is 2.73 bits per heavy atom. The smallest absolute Gasteiger partial charge is 0.243 e. The summed E-state index contributed by atoms with van der Waals surface area (Å²) >= 11 is 0. The van der Waals surface area contributed by atoms with E-state index in [0.717, 1.165) is 0 Å². The van der Waals surface area contributed by atoms with Gasteiger partial charge < -0.3 is 5.32 Å². The van der Waals surface area contributed by atoms with Crippen LogP contribution < -0.4 is 5.32 Å². The minimum atomic E-state index is -0.863. The largest absolute Gasteiger partial charge is 0.349 e. The molecular formula is C7H13NO2S. The van der Waals surface area contributed by atoms with Gasteiger partial charge in [-0.2, -0.15) is 0 Å². The van der Waals surface area contributed by atoms with Crippen molar-refractivity contribution in [1.29, 1.82) is 0 Å². The van der Waals surface area contributed by atoms with Crippen LogP contribution in [0.1, 0.15) is 6.92 Å². The van der Waals surface area contributed by atoms with Crippen molar-refractivity contribution in [3.05, 3.63) is 12.7 Å². The van der Waals surface area contributed by atoms with Gasteiger partial charge in [-0.05, 0) is 13.0 Å². The van der Waals surface area contributed by atoms with Crippen molar-refractivity contribution < 1.29 is 9.00 Å². The van der Waals surface area contributed by atoms with Gasteiger partial charge in [0, 0.05) is 28.9 Å². The predicted octanol–water partition coefficient (Wildman–Crippen LogP) is 0.0556. The highest BCUT2D eigenvalue weighted by molar-refractivity contribution is 7.84. The second-order valence-corrected chi connectivity index (χ2v) is 3.83. The quantitative estimate of drug-likeness (QED) is 0.614. The summed E-state index contributed by atoms with van der Waals surface area (Å²) in [7, 11) is -0.863. The third-order valence-corrected chi connectivity index (χ3v) is 2.03. The third kappa shape index (κ3) is 5.79. The summed E-state index contributed by atoms with van der Waals surface area (Å²) in [4.78, 5) is 10.7. The summed E-state index contributed by atoms with van der Waals surface area (Å²) < 4.78 is 10.7. The highest BCUT2D eigenvalue weighted by Gasteiger charge is 2.04. The zero-order chi connectivity index (χ0) is 8.85. The summed E-state index contributed by atoms with van der Waals surface area (Å²) in [6.07, 6.45) is 2.81. The normalized spacial score (nSPS) is 15.1. The van der Waals surface area contributed by atoms with Crippen molar-refractivity contribution in [2.24, 2.45) is 0 Å². The molecule has 0 heterocycles. The van der Waals surface area contributed by atoms with Gasteiger partial charge in [-0.25, -0.2) is 0 Å². The van der Waals surface area contributed by atoms with Crippen LogP contribution in [0.3, 0.4) is 0 Å². The first-order valence-electron chi connectivity index (χ1n) is 3.29. The molecular weight excluding hydrogens is 162 g/mol. The highest BCUT2D eigenvalue weighted by atomic mass is 32.2. The van der Waals surface area contributed by atoms with Gasteiger partial charge in [-0.1, -0.05) is 6.58 Å². The maximum atomic E-state index is 10.7. The molecule has 64 valence electrons. The van der Waals surface area contributed by atoms with Gasteiger partial charge in [-0.3, -0.25) is 9.00 Å². The molecule has 0 saturated carbocycles. The van der Waals surface area contributed by atoms with E-state index in [1.807, 2.05) is 6.92 Å². The number of nitrogens with one attached hydrogen (secondary N) is 1. The van der Waals surface area contributed by atoms with Crippen LogP contribution in [0.25, 0.3) is 0 Å². The summed E-state index contributed by atoms with van der Waals surface area (Å²) in [5.74, 6) is 0.266. The van der Waals surface area contributed by atoms with Crippen LogP contribution in [0.5, 0.6) is 0 Å². The molecule has 4 heteroatoms. The molecule has 0 spiro atoms. The lowest BCUT2D eigenvalue weighted by atomic mass is 10.4. The van der Waals surface area contributed by atoms with Crippen LogP contribution in [-0.4, -0.2) is 28.2 Å². The minimum Gasteiger partial charge on any atom is -0.349 e. The Labute approximate surface area is 69.3 Å². The van der Waals surface area contributed by atoms with Crippen LogP contribution in [0.4, 0.5) is 0 Å². The fourth-order valence-corrected chi connectivity index (χ4v) is 1.48. The van der Waals surface area contributed by atoms with Gasteiger partial charge in [-0.15, -0.1) is 0 Å². The van der Waals surface area contributed by atoms with Gasteiger partial charge >= 0.3 is 0 Å². The summed E-state index contributed by atoms with van der Waals surface area (Å²) in [5, 5.41) is 2.61. The van der Waals surface area contributed by atoms with Crippen molar-refractivity contribution in [3.63, 3.8) is 0 Å². The van der Waals surface area contributed by atoms with E-state index in [1.165, 1.54) is 6.08 Å². The predicted molar refractivity (Wildman–Crippen MR) is 46.7 cm³/mol. The van der Waals surface area contributed by atoms with E-state index in [1.54, 1.807) is 6.26 Å². The molecule has 2 unspecified atom stereocenters. The molecule has 2 atom stereocenters. The average molecular weight is 175 g/mol. The van der Waals surface area contributed by atoms with Crippen LogP contribution in [0.2, 0.25) is 0 Å². The molecule has 1 N–H and O–H groups in total. The average Bonchev–Trinajstić information content (AvgIpc) is 1.85. The van der Waals surface area contributed by atoms with Crippen molar-refractivity contribution in [1.82, 2.24) is 5.32 Å². The molecule has 0 aromatic rings. The first-order valence-corrected chi connectivity index (χ1v) is 5.02. The fraction of sp³-hybridized carbons (Fsp3) is 0.571. The monoisotopic (exact) mass is 175 g/mol. The topological polar surface area (TPSA) is 46.2 Å². The summed E-state index contributed by atoms with van der Waals surface area (Å²) in [6, 6.07) is -0.0497. The Balaban J connectivity index is 3.68. The molecule has 0 rings (SSSR count). The van der Waals surface area contributed by atoms with Gasteiger partial charge in [0.15, 0.2) is 0 Å². The molecule has 0 aromatic heterocycles. The first-order chi connectivity index (χ1) is 5.06. The van der Waals surface area contributed by atoms with Gasteiger partial charge in [0.2, 0.25) is 5.91 Å². The van der Waals surface area contributed by atoms with Crippen molar-refractivity contribution in [2.75, 3.05) is 12.0 Å². The second kappa shape index (κ2) is 5.07. The Morgan fingerprint density at radius 1 is 1.82 bits per heavy atom. The number of amides is 1. The Hall–Kier alpha value is -0.640. The van der Waals surface area contributed by atoms with Crippen LogP contribution in [-0.2, 0) is 15.6 Å². The minimum absolute atomic E-state index is 0.0497. The number of carbonyl (C=O) groups excluding carboxylic acids is 1. The number of hydrogen-bond donors (Lipinski definition) is 1. The third-order valence-electron chi connectivity index (χ3n) is 1.06. The molecule has 1 amide bonds. The molecule has 0 saturated heterocycles. The van der Waals surface area contributed by atoms with E-state index in [0.29, 0.717) is 5.75 Å². The standard InChI is InChI=1S/C7H13NO2S/c1-4-7(9)8-6(2)5-11(3)10/h4,6H,1,5H2,2-3H3,(H,8,9). The van der Waals surface area contributed by atoms with Gasteiger partial charge in [0.25, 0.3) is 0 Å². The Kier molecular flexibility index (Phi) is 4.77. The molecule has 0 aliphatic carbocycles. The van der Waals surface area contributed by atoms with E-state index in [-0.39, 0.29) is 11.9 Å². The lowest BCUT2D eigenvalue weighted by Gasteiger charge is -2.09. The Morgan fingerprint density at radius 2 is 2.36 bits per heavy atom. The maximum absolute atomic E-state index is 10.7. The number of carbonyl (C=O) groups is 1. The number of rotatable bonds is 4. The second-order valence-electron chi connectivity index (χ2n) is 2.35.